The summed E-state index contributed by atoms with van der Waals surface area (Å²) in [4.78, 5) is 27.8. The fourth-order valence-corrected chi connectivity index (χ4v) is 3.31. The molecule has 28 heavy (non-hydrogen) atoms. The summed E-state index contributed by atoms with van der Waals surface area (Å²) in [5, 5.41) is 0. The van der Waals surface area contributed by atoms with Gasteiger partial charge in [0.2, 0.25) is 5.91 Å². The lowest BCUT2D eigenvalue weighted by atomic mass is 10.1. The van der Waals surface area contributed by atoms with Crippen LogP contribution in [0.3, 0.4) is 0 Å². The molecule has 1 aliphatic heterocycles. The van der Waals surface area contributed by atoms with Crippen LogP contribution in [0, 0.1) is 6.92 Å². The number of carbonyl (C=O) groups excluding carboxylic acids is 1. The van der Waals surface area contributed by atoms with E-state index in [-0.39, 0.29) is 5.91 Å². The summed E-state index contributed by atoms with van der Waals surface area (Å²) in [5.41, 5.74) is 1.15. The molecule has 1 aromatic carbocycles. The minimum absolute atomic E-state index is 0.211. The number of carbonyl (C=O) groups is 1. The van der Waals surface area contributed by atoms with Crippen LogP contribution < -0.4 is 14.5 Å². The highest BCUT2D eigenvalue weighted by Gasteiger charge is 2.22. The molecule has 1 aliphatic rings. The molecule has 0 aliphatic carbocycles. The number of hydrogen-bond donors (Lipinski definition) is 0. The lowest BCUT2D eigenvalue weighted by Gasteiger charge is -2.35. The van der Waals surface area contributed by atoms with Crippen molar-refractivity contribution in [1.29, 1.82) is 0 Å². The normalized spacial score (nSPS) is 14.1. The minimum Gasteiger partial charge on any atom is -0.497 e. The first-order valence-corrected chi connectivity index (χ1v) is 9.65. The average molecular weight is 383 g/mol. The number of amides is 1. The molecule has 2 heterocycles. The van der Waals surface area contributed by atoms with Gasteiger partial charge in [-0.25, -0.2) is 9.97 Å². The zero-order valence-electron chi connectivity index (χ0n) is 17.2. The average Bonchev–Trinajstić information content (AvgIpc) is 2.72. The van der Waals surface area contributed by atoms with Crippen molar-refractivity contribution in [3.05, 3.63) is 41.7 Å². The molecule has 1 fully saturated rings. The zero-order chi connectivity index (χ0) is 20.1. The fraction of sp³-hybridized carbons (Fsp3) is 0.476. The molecule has 1 amide bonds. The van der Waals surface area contributed by atoms with Gasteiger partial charge in [0, 0.05) is 52.8 Å². The number of benzene rings is 1. The molecule has 7 heteroatoms. The number of piperazine rings is 1. The maximum atomic E-state index is 12.6. The predicted octanol–water partition coefficient (Wildman–Crippen LogP) is 2.14. The topological polar surface area (TPSA) is 61.8 Å². The quantitative estimate of drug-likeness (QED) is 0.762. The first kappa shape index (κ1) is 19.9. The second-order valence-electron chi connectivity index (χ2n) is 7.24. The highest BCUT2D eigenvalue weighted by molar-refractivity contribution is 5.76. The Labute approximate surface area is 166 Å². The van der Waals surface area contributed by atoms with E-state index in [1.807, 2.05) is 61.2 Å². The minimum atomic E-state index is 0.211. The smallest absolute Gasteiger partial charge is 0.223 e. The van der Waals surface area contributed by atoms with E-state index >= 15 is 0 Å². The van der Waals surface area contributed by atoms with E-state index in [2.05, 4.69) is 14.9 Å². The number of hydrogen-bond acceptors (Lipinski definition) is 6. The van der Waals surface area contributed by atoms with E-state index in [4.69, 9.17) is 4.74 Å². The number of ether oxygens (including phenoxy) is 1. The molecular formula is C21H29N5O2. The summed E-state index contributed by atoms with van der Waals surface area (Å²) in [6, 6.07) is 9.91. The molecule has 0 atom stereocenters. The van der Waals surface area contributed by atoms with Crippen molar-refractivity contribution in [2.24, 2.45) is 0 Å². The van der Waals surface area contributed by atoms with Gasteiger partial charge in [0.05, 0.1) is 7.11 Å². The summed E-state index contributed by atoms with van der Waals surface area (Å²) in [5.74, 6) is 3.65. The number of nitrogens with zero attached hydrogens (tertiary/aromatic N) is 5. The number of aryl methyl sites for hydroxylation is 2. The Bertz CT molecular complexity index is 799. The van der Waals surface area contributed by atoms with Crippen LogP contribution >= 0.6 is 0 Å². The van der Waals surface area contributed by atoms with Crippen LogP contribution in [0.4, 0.5) is 11.6 Å². The van der Waals surface area contributed by atoms with Crippen LogP contribution in [0.15, 0.2) is 30.3 Å². The van der Waals surface area contributed by atoms with Crippen molar-refractivity contribution in [2.45, 2.75) is 19.8 Å². The molecule has 1 aromatic heterocycles. The Morgan fingerprint density at radius 1 is 1.11 bits per heavy atom. The zero-order valence-corrected chi connectivity index (χ0v) is 17.2. The molecule has 0 bridgehead atoms. The van der Waals surface area contributed by atoms with E-state index in [0.717, 1.165) is 61.4 Å². The lowest BCUT2D eigenvalue weighted by molar-refractivity contribution is -0.131. The third kappa shape index (κ3) is 4.91. The molecular weight excluding hydrogens is 354 g/mol. The number of anilines is 2. The second kappa shape index (κ2) is 8.91. The van der Waals surface area contributed by atoms with Gasteiger partial charge in [0.1, 0.15) is 23.2 Å². The second-order valence-corrected chi connectivity index (χ2v) is 7.24. The SMILES string of the molecule is COc1ccc(CCC(=O)N2CCN(c3cc(N(C)C)nc(C)n3)CC2)cc1. The predicted molar refractivity (Wildman–Crippen MR) is 111 cm³/mol. The first-order chi connectivity index (χ1) is 13.5. The Hall–Kier alpha value is -2.83. The largest absolute Gasteiger partial charge is 0.497 e. The molecule has 1 saturated heterocycles. The van der Waals surface area contributed by atoms with Crippen molar-refractivity contribution >= 4 is 17.5 Å². The Kier molecular flexibility index (Phi) is 6.34. The van der Waals surface area contributed by atoms with E-state index < -0.39 is 0 Å². The third-order valence-corrected chi connectivity index (χ3v) is 5.01. The molecule has 0 saturated carbocycles. The van der Waals surface area contributed by atoms with Gasteiger partial charge >= 0.3 is 0 Å². The molecule has 150 valence electrons. The summed E-state index contributed by atoms with van der Waals surface area (Å²) in [7, 11) is 5.61. The Balaban J connectivity index is 1.52. The van der Waals surface area contributed by atoms with E-state index in [0.29, 0.717) is 6.42 Å². The van der Waals surface area contributed by atoms with Gasteiger partial charge in [0.25, 0.3) is 0 Å². The Morgan fingerprint density at radius 3 is 2.39 bits per heavy atom. The summed E-state index contributed by atoms with van der Waals surface area (Å²) in [6.45, 7) is 4.94. The molecule has 0 radical (unpaired) electrons. The Morgan fingerprint density at radius 2 is 1.79 bits per heavy atom. The summed E-state index contributed by atoms with van der Waals surface area (Å²) in [6.07, 6.45) is 1.28. The molecule has 7 nitrogen and oxygen atoms in total. The summed E-state index contributed by atoms with van der Waals surface area (Å²) < 4.78 is 5.17. The van der Waals surface area contributed by atoms with Gasteiger partial charge in [0.15, 0.2) is 0 Å². The van der Waals surface area contributed by atoms with Crippen LogP contribution in [0.25, 0.3) is 0 Å². The van der Waals surface area contributed by atoms with Gasteiger partial charge in [-0.05, 0) is 31.0 Å². The van der Waals surface area contributed by atoms with Crippen LogP contribution in [0.5, 0.6) is 5.75 Å². The van der Waals surface area contributed by atoms with E-state index in [1.54, 1.807) is 7.11 Å². The highest BCUT2D eigenvalue weighted by Crippen LogP contribution is 2.20. The molecule has 0 unspecified atom stereocenters. The van der Waals surface area contributed by atoms with Crippen LogP contribution in [-0.4, -0.2) is 68.2 Å². The number of rotatable bonds is 6. The van der Waals surface area contributed by atoms with Gasteiger partial charge in [-0.15, -0.1) is 0 Å². The van der Waals surface area contributed by atoms with Crippen molar-refractivity contribution in [3.8, 4) is 5.75 Å². The molecule has 3 rings (SSSR count). The summed E-state index contributed by atoms with van der Waals surface area (Å²) >= 11 is 0. The number of aromatic nitrogens is 2. The fourth-order valence-electron chi connectivity index (χ4n) is 3.31. The molecule has 2 aromatic rings. The van der Waals surface area contributed by atoms with Gasteiger partial charge in [-0.3, -0.25) is 4.79 Å². The van der Waals surface area contributed by atoms with Crippen LogP contribution in [-0.2, 0) is 11.2 Å². The monoisotopic (exact) mass is 383 g/mol. The van der Waals surface area contributed by atoms with Crippen LogP contribution in [0.1, 0.15) is 17.8 Å². The molecule has 0 spiro atoms. The van der Waals surface area contributed by atoms with Crippen molar-refractivity contribution in [3.63, 3.8) is 0 Å². The van der Waals surface area contributed by atoms with Gasteiger partial charge in [-0.1, -0.05) is 12.1 Å². The van der Waals surface area contributed by atoms with Crippen molar-refractivity contribution < 1.29 is 9.53 Å². The van der Waals surface area contributed by atoms with E-state index in [9.17, 15) is 4.79 Å². The van der Waals surface area contributed by atoms with Crippen molar-refractivity contribution in [2.75, 3.05) is 57.2 Å². The lowest BCUT2D eigenvalue weighted by Crippen LogP contribution is -2.49. The van der Waals surface area contributed by atoms with E-state index in [1.165, 1.54) is 0 Å². The van der Waals surface area contributed by atoms with Gasteiger partial charge < -0.3 is 19.4 Å². The maximum absolute atomic E-state index is 12.6. The van der Waals surface area contributed by atoms with Gasteiger partial charge in [-0.2, -0.15) is 0 Å². The molecule has 0 N–H and O–H groups in total. The van der Waals surface area contributed by atoms with Crippen molar-refractivity contribution in [1.82, 2.24) is 14.9 Å². The number of methoxy groups -OCH3 is 1. The standard InChI is InChI=1S/C21H29N5O2/c1-16-22-19(24(2)3)15-20(23-16)25-11-13-26(14-12-25)21(27)10-7-17-5-8-18(28-4)9-6-17/h5-6,8-9,15H,7,10-14H2,1-4H3. The van der Waals surface area contributed by atoms with Crippen LogP contribution in [0.2, 0.25) is 0 Å². The third-order valence-electron chi connectivity index (χ3n) is 5.01. The highest BCUT2D eigenvalue weighted by atomic mass is 16.5. The first-order valence-electron chi connectivity index (χ1n) is 9.65. The maximum Gasteiger partial charge on any atom is 0.223 e.